The van der Waals surface area contributed by atoms with Gasteiger partial charge in [0.15, 0.2) is 0 Å². The Hall–Kier alpha value is -4.61. The van der Waals surface area contributed by atoms with Crippen LogP contribution in [-0.2, 0) is 0 Å². The van der Waals surface area contributed by atoms with E-state index in [0.717, 1.165) is 6.33 Å². The van der Waals surface area contributed by atoms with Gasteiger partial charge in [-0.15, -0.1) is 0 Å². The highest BCUT2D eigenvalue weighted by Gasteiger charge is 2.24. The predicted octanol–water partition coefficient (Wildman–Crippen LogP) is 1.98. The smallest absolute Gasteiger partial charge is 0.355 e. The van der Waals surface area contributed by atoms with Crippen molar-refractivity contribution in [3.05, 3.63) is 76.4 Å². The molecule has 2 heterocycles. The summed E-state index contributed by atoms with van der Waals surface area (Å²) in [7, 11) is 0. The molecule has 3 aromatic rings. The second-order valence-electron chi connectivity index (χ2n) is 5.50. The summed E-state index contributed by atoms with van der Waals surface area (Å²) in [6.07, 6.45) is 3.90. The molecule has 146 valence electrons. The molecule has 0 spiro atoms. The molecule has 1 aromatic carbocycles. The van der Waals surface area contributed by atoms with Crippen LogP contribution < -0.4 is 16.2 Å². The van der Waals surface area contributed by atoms with Gasteiger partial charge in [-0.05, 0) is 36.4 Å². The van der Waals surface area contributed by atoms with Crippen molar-refractivity contribution in [1.29, 1.82) is 0 Å². The van der Waals surface area contributed by atoms with E-state index in [2.05, 4.69) is 31.1 Å². The Morgan fingerprint density at radius 3 is 2.38 bits per heavy atom. The molecule has 0 aliphatic heterocycles. The van der Waals surface area contributed by atoms with Gasteiger partial charge in [-0.1, -0.05) is 0 Å². The number of carbonyl (C=O) groups excluding carboxylic acids is 1. The number of hydrogen-bond donors (Lipinski definition) is 4. The molecule has 0 saturated carbocycles. The molecule has 0 fully saturated rings. The summed E-state index contributed by atoms with van der Waals surface area (Å²) in [6, 6.07) is 8.64. The molecule has 0 radical (unpaired) electrons. The zero-order chi connectivity index (χ0) is 20.8. The Bertz CT molecular complexity index is 1060. The molecule has 29 heavy (non-hydrogen) atoms. The van der Waals surface area contributed by atoms with E-state index in [4.69, 9.17) is 5.11 Å². The Labute approximate surface area is 162 Å². The fourth-order valence-corrected chi connectivity index (χ4v) is 2.25. The first-order valence-electron chi connectivity index (χ1n) is 8.02. The lowest BCUT2D eigenvalue weighted by atomic mass is 10.2. The van der Waals surface area contributed by atoms with Crippen LogP contribution in [0.25, 0.3) is 0 Å². The third-order valence-corrected chi connectivity index (χ3v) is 3.62. The maximum absolute atomic E-state index is 12.1. The molecule has 0 atom stereocenters. The number of carbonyl (C=O) groups is 2. The fraction of sp³-hybridized carbons (Fsp3) is 0. The van der Waals surface area contributed by atoms with Gasteiger partial charge < -0.3 is 10.4 Å². The molecular formula is C17H13N7O5. The van der Waals surface area contributed by atoms with E-state index in [9.17, 15) is 19.7 Å². The number of aromatic carboxylic acids is 1. The number of carboxylic acids is 1. The average molecular weight is 395 g/mol. The highest BCUT2D eigenvalue weighted by molar-refractivity contribution is 5.94. The van der Waals surface area contributed by atoms with Gasteiger partial charge in [0, 0.05) is 18.1 Å². The Morgan fingerprint density at radius 1 is 1.03 bits per heavy atom. The van der Waals surface area contributed by atoms with Crippen LogP contribution in [0.15, 0.2) is 55.1 Å². The van der Waals surface area contributed by atoms with Gasteiger partial charge in [-0.2, -0.15) is 0 Å². The molecule has 12 nitrogen and oxygen atoms in total. The van der Waals surface area contributed by atoms with Crippen molar-refractivity contribution in [2.24, 2.45) is 0 Å². The molecular weight excluding hydrogens is 382 g/mol. The zero-order valence-electron chi connectivity index (χ0n) is 14.6. The van der Waals surface area contributed by atoms with Crippen molar-refractivity contribution in [2.45, 2.75) is 0 Å². The van der Waals surface area contributed by atoms with Crippen LogP contribution in [-0.4, -0.2) is 36.9 Å². The maximum Gasteiger partial charge on any atom is 0.355 e. The molecule has 0 saturated heterocycles. The Balaban J connectivity index is 1.81. The summed E-state index contributed by atoms with van der Waals surface area (Å²) in [5, 5.41) is 23.2. The first kappa shape index (κ1) is 19.2. The molecule has 1 amide bonds. The molecule has 0 aliphatic carbocycles. The minimum absolute atomic E-state index is 0.0632. The summed E-state index contributed by atoms with van der Waals surface area (Å²) >= 11 is 0. The number of anilines is 3. The molecule has 3 rings (SSSR count). The SMILES string of the molecule is O=C(O)c1ccc(Nc2ncnc(NNC(=O)c3cccnc3)c2[N+](=O)[O-])cc1. The van der Waals surface area contributed by atoms with E-state index in [1.54, 1.807) is 6.07 Å². The minimum Gasteiger partial charge on any atom is -0.478 e. The molecule has 0 unspecified atom stereocenters. The second-order valence-corrected chi connectivity index (χ2v) is 5.50. The van der Waals surface area contributed by atoms with E-state index in [1.165, 1.54) is 42.7 Å². The first-order chi connectivity index (χ1) is 14.0. The number of nitrogens with zero attached hydrogens (tertiary/aromatic N) is 4. The minimum atomic E-state index is -1.10. The number of nitrogens with one attached hydrogen (secondary N) is 3. The van der Waals surface area contributed by atoms with Crippen LogP contribution in [0.2, 0.25) is 0 Å². The third kappa shape index (κ3) is 4.57. The number of carboxylic acid groups (broad SMARTS) is 1. The van der Waals surface area contributed by atoms with Crippen molar-refractivity contribution in [1.82, 2.24) is 20.4 Å². The lowest BCUT2D eigenvalue weighted by Crippen LogP contribution is -2.30. The number of hydrazine groups is 1. The quantitative estimate of drug-likeness (QED) is 0.342. The number of pyridine rings is 1. The van der Waals surface area contributed by atoms with Crippen molar-refractivity contribution in [2.75, 3.05) is 10.7 Å². The van der Waals surface area contributed by atoms with E-state index >= 15 is 0 Å². The Morgan fingerprint density at radius 2 is 1.76 bits per heavy atom. The number of nitro groups is 1. The van der Waals surface area contributed by atoms with E-state index in [1.807, 2.05) is 0 Å². The normalized spacial score (nSPS) is 10.1. The lowest BCUT2D eigenvalue weighted by molar-refractivity contribution is -0.383. The van der Waals surface area contributed by atoms with Crippen LogP contribution in [0.5, 0.6) is 0 Å². The Kier molecular flexibility index (Phi) is 5.54. The number of benzene rings is 1. The molecule has 4 N–H and O–H groups in total. The van der Waals surface area contributed by atoms with Crippen LogP contribution in [0.3, 0.4) is 0 Å². The number of aromatic nitrogens is 3. The van der Waals surface area contributed by atoms with Crippen LogP contribution in [0.1, 0.15) is 20.7 Å². The summed E-state index contributed by atoms with van der Waals surface area (Å²) in [5.74, 6) is -2.05. The van der Waals surface area contributed by atoms with Crippen LogP contribution in [0, 0.1) is 10.1 Å². The largest absolute Gasteiger partial charge is 0.478 e. The van der Waals surface area contributed by atoms with Gasteiger partial charge in [-0.3, -0.25) is 30.7 Å². The van der Waals surface area contributed by atoms with Gasteiger partial charge in [-0.25, -0.2) is 14.8 Å². The summed E-state index contributed by atoms with van der Waals surface area (Å²) in [5.41, 5.74) is 4.88. The topological polar surface area (TPSA) is 172 Å². The maximum atomic E-state index is 12.1. The van der Waals surface area contributed by atoms with Crippen molar-refractivity contribution in [3.8, 4) is 0 Å². The zero-order valence-corrected chi connectivity index (χ0v) is 14.6. The van der Waals surface area contributed by atoms with E-state index < -0.39 is 22.5 Å². The summed E-state index contributed by atoms with van der Waals surface area (Å²) < 4.78 is 0. The third-order valence-electron chi connectivity index (χ3n) is 3.62. The molecule has 0 bridgehead atoms. The number of hydrogen-bond acceptors (Lipinski definition) is 9. The van der Waals surface area contributed by atoms with E-state index in [-0.39, 0.29) is 22.8 Å². The fourth-order valence-electron chi connectivity index (χ4n) is 2.25. The first-order valence-corrected chi connectivity index (χ1v) is 8.02. The second kappa shape index (κ2) is 8.39. The van der Waals surface area contributed by atoms with Crippen molar-refractivity contribution < 1.29 is 19.6 Å². The van der Waals surface area contributed by atoms with Gasteiger partial charge in [0.1, 0.15) is 6.33 Å². The molecule has 2 aromatic heterocycles. The van der Waals surface area contributed by atoms with Gasteiger partial charge in [0.05, 0.1) is 16.1 Å². The number of amides is 1. The van der Waals surface area contributed by atoms with Crippen molar-refractivity contribution >= 4 is 34.9 Å². The van der Waals surface area contributed by atoms with Crippen LogP contribution in [0.4, 0.5) is 23.0 Å². The summed E-state index contributed by atoms with van der Waals surface area (Å²) in [4.78, 5) is 45.3. The predicted molar refractivity (Wildman–Crippen MR) is 101 cm³/mol. The van der Waals surface area contributed by atoms with Crippen molar-refractivity contribution in [3.63, 3.8) is 0 Å². The number of rotatable bonds is 7. The van der Waals surface area contributed by atoms with Crippen LogP contribution >= 0.6 is 0 Å². The van der Waals surface area contributed by atoms with E-state index in [0.29, 0.717) is 5.69 Å². The van der Waals surface area contributed by atoms with Gasteiger partial charge >= 0.3 is 11.7 Å². The monoisotopic (exact) mass is 395 g/mol. The highest BCUT2D eigenvalue weighted by Crippen LogP contribution is 2.30. The average Bonchev–Trinajstić information content (AvgIpc) is 2.73. The van der Waals surface area contributed by atoms with Gasteiger partial charge in [0.2, 0.25) is 11.6 Å². The highest BCUT2D eigenvalue weighted by atomic mass is 16.6. The standard InChI is InChI=1S/C17H13N7O5/c25-16(11-2-1-7-18-8-11)23-22-15-13(24(28)29)14(19-9-20-15)21-12-5-3-10(4-6-12)17(26)27/h1-9H,(H,23,25)(H,26,27)(H2,19,20,21,22). The lowest BCUT2D eigenvalue weighted by Gasteiger charge is -2.11. The summed E-state index contributed by atoms with van der Waals surface area (Å²) in [6.45, 7) is 0. The van der Waals surface area contributed by atoms with Gasteiger partial charge in [0.25, 0.3) is 5.91 Å². The molecule has 12 heteroatoms. The molecule has 0 aliphatic rings.